The molecule has 0 radical (unpaired) electrons. The van der Waals surface area contributed by atoms with E-state index in [0.717, 1.165) is 12.1 Å². The van der Waals surface area contributed by atoms with Gasteiger partial charge in [-0.1, -0.05) is 6.07 Å². The van der Waals surface area contributed by atoms with Crippen molar-refractivity contribution in [3.05, 3.63) is 51.7 Å². The van der Waals surface area contributed by atoms with Crippen LogP contribution in [0.3, 0.4) is 0 Å². The predicted octanol–water partition coefficient (Wildman–Crippen LogP) is 3.46. The SMILES string of the molecule is COc1csc(C(=O)Cc2ccc(F)c(F)c2)c1. The summed E-state index contributed by atoms with van der Waals surface area (Å²) in [6.45, 7) is 0. The van der Waals surface area contributed by atoms with Gasteiger partial charge in [0.2, 0.25) is 0 Å². The zero-order chi connectivity index (χ0) is 13.1. The van der Waals surface area contributed by atoms with Crippen molar-refractivity contribution in [2.75, 3.05) is 7.11 Å². The molecule has 0 unspecified atom stereocenters. The van der Waals surface area contributed by atoms with Gasteiger partial charge in [-0.05, 0) is 17.7 Å². The number of hydrogen-bond acceptors (Lipinski definition) is 3. The van der Waals surface area contributed by atoms with Gasteiger partial charge in [-0.3, -0.25) is 4.79 Å². The van der Waals surface area contributed by atoms with E-state index in [1.54, 1.807) is 11.4 Å². The predicted molar refractivity (Wildman–Crippen MR) is 65.3 cm³/mol. The van der Waals surface area contributed by atoms with Crippen LogP contribution in [0.2, 0.25) is 0 Å². The van der Waals surface area contributed by atoms with E-state index < -0.39 is 11.6 Å². The van der Waals surface area contributed by atoms with E-state index in [9.17, 15) is 13.6 Å². The van der Waals surface area contributed by atoms with Gasteiger partial charge in [-0.25, -0.2) is 8.78 Å². The maximum absolute atomic E-state index is 13.0. The Morgan fingerprint density at radius 1 is 1.28 bits per heavy atom. The van der Waals surface area contributed by atoms with Gasteiger partial charge in [0.15, 0.2) is 17.4 Å². The van der Waals surface area contributed by atoms with Crippen LogP contribution in [0, 0.1) is 11.6 Å². The lowest BCUT2D eigenvalue weighted by molar-refractivity contribution is 0.0996. The second-order valence-electron chi connectivity index (χ2n) is 3.70. The minimum absolute atomic E-state index is 0.0425. The highest BCUT2D eigenvalue weighted by atomic mass is 32.1. The number of ether oxygens (including phenoxy) is 1. The number of carbonyl (C=O) groups is 1. The van der Waals surface area contributed by atoms with Crippen LogP contribution in [0.5, 0.6) is 5.75 Å². The van der Waals surface area contributed by atoms with Gasteiger partial charge >= 0.3 is 0 Å². The van der Waals surface area contributed by atoms with E-state index in [2.05, 4.69) is 0 Å². The Kier molecular flexibility index (Phi) is 3.72. The Bertz CT molecular complexity index is 578. The molecule has 5 heteroatoms. The monoisotopic (exact) mass is 268 g/mol. The fourth-order valence-electron chi connectivity index (χ4n) is 1.49. The second kappa shape index (κ2) is 5.27. The molecule has 0 saturated carbocycles. The molecule has 0 saturated heterocycles. The van der Waals surface area contributed by atoms with E-state index in [-0.39, 0.29) is 12.2 Å². The summed E-state index contributed by atoms with van der Waals surface area (Å²) in [5, 5.41) is 1.72. The lowest BCUT2D eigenvalue weighted by Crippen LogP contribution is -2.02. The number of thiophene rings is 1. The first-order chi connectivity index (χ1) is 8.60. The lowest BCUT2D eigenvalue weighted by atomic mass is 10.1. The van der Waals surface area contributed by atoms with Crippen LogP contribution in [0.1, 0.15) is 15.2 Å². The standard InChI is InChI=1S/C13H10F2O2S/c1-17-9-6-13(18-7-9)12(16)5-8-2-3-10(14)11(15)4-8/h2-4,6-7H,5H2,1H3. The van der Waals surface area contributed by atoms with E-state index in [4.69, 9.17) is 4.74 Å². The molecule has 0 spiro atoms. The van der Waals surface area contributed by atoms with Gasteiger partial charge in [0.05, 0.1) is 12.0 Å². The quantitative estimate of drug-likeness (QED) is 0.794. The normalized spacial score (nSPS) is 10.4. The number of carbonyl (C=O) groups excluding carboxylic acids is 1. The summed E-state index contributed by atoms with van der Waals surface area (Å²) in [5.74, 6) is -1.38. The fourth-order valence-corrected chi connectivity index (χ4v) is 2.29. The van der Waals surface area contributed by atoms with Crippen molar-refractivity contribution in [3.63, 3.8) is 0 Å². The van der Waals surface area contributed by atoms with E-state index in [1.165, 1.54) is 24.5 Å². The fraction of sp³-hybridized carbons (Fsp3) is 0.154. The molecule has 0 bridgehead atoms. The number of rotatable bonds is 4. The molecule has 0 N–H and O–H groups in total. The second-order valence-corrected chi connectivity index (χ2v) is 4.61. The minimum Gasteiger partial charge on any atom is -0.496 e. The van der Waals surface area contributed by atoms with Crippen molar-refractivity contribution in [2.24, 2.45) is 0 Å². The molecular weight excluding hydrogens is 258 g/mol. The van der Waals surface area contributed by atoms with Crippen LogP contribution in [0.15, 0.2) is 29.6 Å². The van der Waals surface area contributed by atoms with E-state index in [1.807, 2.05) is 0 Å². The molecule has 18 heavy (non-hydrogen) atoms. The molecule has 1 aromatic carbocycles. The van der Waals surface area contributed by atoms with Gasteiger partial charge in [0, 0.05) is 17.9 Å². The van der Waals surface area contributed by atoms with Gasteiger partial charge in [-0.2, -0.15) is 0 Å². The third kappa shape index (κ3) is 2.73. The lowest BCUT2D eigenvalue weighted by Gasteiger charge is -2.00. The first-order valence-corrected chi connectivity index (χ1v) is 6.08. The number of ketones is 1. The molecular formula is C13H10F2O2S. The number of benzene rings is 1. The van der Waals surface area contributed by atoms with Gasteiger partial charge in [0.1, 0.15) is 5.75 Å². The van der Waals surface area contributed by atoms with E-state index >= 15 is 0 Å². The third-order valence-corrected chi connectivity index (χ3v) is 3.38. The molecule has 94 valence electrons. The average Bonchev–Trinajstić information content (AvgIpc) is 2.82. The van der Waals surface area contributed by atoms with E-state index in [0.29, 0.717) is 16.2 Å². The Morgan fingerprint density at radius 3 is 2.67 bits per heavy atom. The van der Waals surface area contributed by atoms with Crippen molar-refractivity contribution in [2.45, 2.75) is 6.42 Å². The van der Waals surface area contributed by atoms with Gasteiger partial charge < -0.3 is 4.74 Å². The summed E-state index contributed by atoms with van der Waals surface area (Å²) in [6.07, 6.45) is 0.0425. The molecule has 1 aromatic heterocycles. The van der Waals surface area contributed by atoms with Crippen LogP contribution >= 0.6 is 11.3 Å². The summed E-state index contributed by atoms with van der Waals surface area (Å²) in [7, 11) is 1.52. The van der Waals surface area contributed by atoms with Gasteiger partial charge in [0.25, 0.3) is 0 Å². The van der Waals surface area contributed by atoms with Gasteiger partial charge in [-0.15, -0.1) is 11.3 Å². The van der Waals surface area contributed by atoms with Crippen LogP contribution in [0.25, 0.3) is 0 Å². The first kappa shape index (κ1) is 12.7. The summed E-state index contributed by atoms with van der Waals surface area (Å²) >= 11 is 1.27. The smallest absolute Gasteiger partial charge is 0.177 e. The van der Waals surface area contributed by atoms with Crippen molar-refractivity contribution in [3.8, 4) is 5.75 Å². The summed E-state index contributed by atoms with van der Waals surface area (Å²) in [6, 6.07) is 5.10. The van der Waals surface area contributed by atoms with Crippen LogP contribution in [0.4, 0.5) is 8.78 Å². The number of Topliss-reactive ketones (excluding diaryl/α,β-unsaturated/α-hetero) is 1. The maximum Gasteiger partial charge on any atom is 0.177 e. The zero-order valence-corrected chi connectivity index (χ0v) is 10.4. The molecule has 0 atom stereocenters. The van der Waals surface area contributed by atoms with Crippen molar-refractivity contribution in [1.82, 2.24) is 0 Å². The molecule has 0 aliphatic rings. The van der Waals surface area contributed by atoms with Crippen molar-refractivity contribution < 1.29 is 18.3 Å². The summed E-state index contributed by atoms with van der Waals surface area (Å²) in [5.41, 5.74) is 0.450. The maximum atomic E-state index is 13.0. The molecule has 0 aliphatic carbocycles. The zero-order valence-electron chi connectivity index (χ0n) is 9.57. The summed E-state index contributed by atoms with van der Waals surface area (Å²) in [4.78, 5) is 12.4. The molecule has 1 heterocycles. The Morgan fingerprint density at radius 2 is 2.06 bits per heavy atom. The molecule has 2 aromatic rings. The number of methoxy groups -OCH3 is 1. The molecule has 2 rings (SSSR count). The topological polar surface area (TPSA) is 26.3 Å². The van der Waals surface area contributed by atoms with Crippen LogP contribution in [-0.2, 0) is 6.42 Å². The molecule has 2 nitrogen and oxygen atoms in total. The Balaban J connectivity index is 2.13. The van der Waals surface area contributed by atoms with Crippen molar-refractivity contribution in [1.29, 1.82) is 0 Å². The minimum atomic E-state index is -0.941. The largest absolute Gasteiger partial charge is 0.496 e. The third-order valence-electron chi connectivity index (χ3n) is 2.43. The molecule has 0 aliphatic heterocycles. The Hall–Kier alpha value is -1.75. The van der Waals surface area contributed by atoms with Crippen LogP contribution in [-0.4, -0.2) is 12.9 Å². The summed E-state index contributed by atoms with van der Waals surface area (Å²) < 4.78 is 30.7. The van der Waals surface area contributed by atoms with Crippen LogP contribution < -0.4 is 4.74 Å². The highest BCUT2D eigenvalue weighted by molar-refractivity contribution is 7.12. The van der Waals surface area contributed by atoms with Crippen molar-refractivity contribution >= 4 is 17.1 Å². The molecule has 0 fully saturated rings. The molecule has 0 amide bonds. The highest BCUT2D eigenvalue weighted by Gasteiger charge is 2.12. The number of halogens is 2. The first-order valence-electron chi connectivity index (χ1n) is 5.20. The average molecular weight is 268 g/mol. The Labute approximate surface area is 107 Å². The highest BCUT2D eigenvalue weighted by Crippen LogP contribution is 2.22. The number of hydrogen-bond donors (Lipinski definition) is 0.